The van der Waals surface area contributed by atoms with Gasteiger partial charge in [0.05, 0.1) is 12.0 Å². The number of sulfonamides is 1. The number of amides is 2. The van der Waals surface area contributed by atoms with Gasteiger partial charge in [-0.15, -0.1) is 0 Å². The third-order valence-corrected chi connectivity index (χ3v) is 6.95. The second-order valence-electron chi connectivity index (χ2n) is 8.08. The van der Waals surface area contributed by atoms with Crippen LogP contribution >= 0.6 is 0 Å². The van der Waals surface area contributed by atoms with Gasteiger partial charge in [0.25, 0.3) is 0 Å². The van der Waals surface area contributed by atoms with E-state index in [0.717, 1.165) is 16.8 Å². The largest absolute Gasteiger partial charge is 0.496 e. The Bertz CT molecular complexity index is 1110. The molecule has 1 aliphatic heterocycles. The Kier molecular flexibility index (Phi) is 7.20. The molecule has 2 aromatic rings. The molecule has 3 rings (SSSR count). The van der Waals surface area contributed by atoms with Crippen molar-refractivity contribution in [3.05, 3.63) is 53.6 Å². The molecule has 1 heterocycles. The topological polar surface area (TPSA) is 105 Å². The zero-order valence-corrected chi connectivity index (χ0v) is 19.5. The lowest BCUT2D eigenvalue weighted by Gasteiger charge is -2.22. The quantitative estimate of drug-likeness (QED) is 0.630. The molecule has 0 fully saturated rings. The lowest BCUT2D eigenvalue weighted by atomic mass is 10.0. The van der Waals surface area contributed by atoms with E-state index >= 15 is 0 Å². The van der Waals surface area contributed by atoms with E-state index in [9.17, 15) is 18.0 Å². The summed E-state index contributed by atoms with van der Waals surface area (Å²) in [6, 6.07) is 11.0. The van der Waals surface area contributed by atoms with Crippen LogP contribution in [-0.4, -0.2) is 39.9 Å². The SMILES string of the molecule is COc1ccccc1CNC(=O)[C@@H](NS(=O)(=O)c1ccc2c(c1)CCN2C(C)=O)C(C)C. The average molecular weight is 460 g/mol. The van der Waals surface area contributed by atoms with Crippen molar-refractivity contribution in [2.24, 2.45) is 5.92 Å². The molecule has 1 aliphatic rings. The molecular formula is C23H29N3O5S. The maximum Gasteiger partial charge on any atom is 0.241 e. The van der Waals surface area contributed by atoms with Crippen LogP contribution in [0.4, 0.5) is 5.69 Å². The molecule has 0 aromatic heterocycles. The van der Waals surface area contributed by atoms with E-state index in [1.54, 1.807) is 44.1 Å². The number of ether oxygens (including phenoxy) is 1. The lowest BCUT2D eigenvalue weighted by molar-refractivity contribution is -0.123. The molecule has 0 unspecified atom stereocenters. The Morgan fingerprint density at radius 1 is 1.16 bits per heavy atom. The highest BCUT2D eigenvalue weighted by Crippen LogP contribution is 2.30. The van der Waals surface area contributed by atoms with Crippen LogP contribution in [0.15, 0.2) is 47.4 Å². The number of fused-ring (bicyclic) bond motifs is 1. The monoisotopic (exact) mass is 459 g/mol. The summed E-state index contributed by atoms with van der Waals surface area (Å²) >= 11 is 0. The van der Waals surface area contributed by atoms with Gasteiger partial charge in [-0.25, -0.2) is 8.42 Å². The Morgan fingerprint density at radius 2 is 1.88 bits per heavy atom. The van der Waals surface area contributed by atoms with Crippen LogP contribution in [-0.2, 0) is 32.6 Å². The Hall–Kier alpha value is -2.91. The zero-order chi connectivity index (χ0) is 23.5. The van der Waals surface area contributed by atoms with Crippen molar-refractivity contribution in [3.63, 3.8) is 0 Å². The molecule has 0 spiro atoms. The van der Waals surface area contributed by atoms with Crippen molar-refractivity contribution in [2.75, 3.05) is 18.6 Å². The number of nitrogens with one attached hydrogen (secondary N) is 2. The van der Waals surface area contributed by atoms with E-state index in [4.69, 9.17) is 4.74 Å². The Balaban J connectivity index is 1.75. The number of para-hydroxylation sites is 1. The normalized spacial score (nSPS) is 14.2. The van der Waals surface area contributed by atoms with Crippen LogP contribution in [0.25, 0.3) is 0 Å². The van der Waals surface area contributed by atoms with Gasteiger partial charge in [0.2, 0.25) is 21.8 Å². The first kappa shape index (κ1) is 23.7. The van der Waals surface area contributed by atoms with Gasteiger partial charge in [-0.2, -0.15) is 4.72 Å². The number of nitrogens with zero attached hydrogens (tertiary/aromatic N) is 1. The lowest BCUT2D eigenvalue weighted by Crippen LogP contribution is -2.49. The van der Waals surface area contributed by atoms with Crippen LogP contribution in [0.2, 0.25) is 0 Å². The highest BCUT2D eigenvalue weighted by atomic mass is 32.2. The van der Waals surface area contributed by atoms with Crippen molar-refractivity contribution < 1.29 is 22.7 Å². The van der Waals surface area contributed by atoms with Gasteiger partial charge in [0, 0.05) is 31.3 Å². The highest BCUT2D eigenvalue weighted by Gasteiger charge is 2.30. The van der Waals surface area contributed by atoms with Crippen molar-refractivity contribution in [3.8, 4) is 5.75 Å². The number of rotatable bonds is 8. The Morgan fingerprint density at radius 3 is 2.53 bits per heavy atom. The molecule has 8 nitrogen and oxygen atoms in total. The summed E-state index contributed by atoms with van der Waals surface area (Å²) in [7, 11) is -2.39. The van der Waals surface area contributed by atoms with E-state index in [0.29, 0.717) is 18.7 Å². The summed E-state index contributed by atoms with van der Waals surface area (Å²) < 4.78 is 33.9. The van der Waals surface area contributed by atoms with Gasteiger partial charge < -0.3 is 15.0 Å². The van der Waals surface area contributed by atoms with Crippen LogP contribution in [0, 0.1) is 5.92 Å². The first-order valence-corrected chi connectivity index (χ1v) is 12.0. The molecule has 0 saturated heterocycles. The summed E-state index contributed by atoms with van der Waals surface area (Å²) in [5.74, 6) is -0.125. The summed E-state index contributed by atoms with van der Waals surface area (Å²) in [5.41, 5.74) is 2.32. The van der Waals surface area contributed by atoms with Gasteiger partial charge in [0.1, 0.15) is 11.8 Å². The molecule has 9 heteroatoms. The van der Waals surface area contributed by atoms with E-state index in [-0.39, 0.29) is 23.3 Å². The third kappa shape index (κ3) is 5.11. The molecule has 0 aliphatic carbocycles. The summed E-state index contributed by atoms with van der Waals surface area (Å²) in [4.78, 5) is 26.3. The van der Waals surface area contributed by atoms with E-state index in [1.807, 2.05) is 18.2 Å². The first-order chi connectivity index (χ1) is 15.1. The van der Waals surface area contributed by atoms with Crippen molar-refractivity contribution in [2.45, 2.75) is 44.7 Å². The minimum Gasteiger partial charge on any atom is -0.496 e. The molecule has 2 aromatic carbocycles. The summed E-state index contributed by atoms with van der Waals surface area (Å²) in [6.07, 6.45) is 0.589. The standard InChI is InChI=1S/C23H29N3O5S/c1-15(2)22(23(28)24-14-18-7-5-6-8-21(18)31-4)25-32(29,30)19-9-10-20-17(13-19)11-12-26(20)16(3)27/h5-10,13,15,22,25H,11-12,14H2,1-4H3,(H,24,28)/t22-/m0/s1. The van der Waals surface area contributed by atoms with Crippen LogP contribution in [0.5, 0.6) is 5.75 Å². The number of hydrogen-bond acceptors (Lipinski definition) is 5. The van der Waals surface area contributed by atoms with Crippen LogP contribution in [0.1, 0.15) is 31.9 Å². The van der Waals surface area contributed by atoms with Crippen molar-refractivity contribution in [1.29, 1.82) is 0 Å². The fourth-order valence-corrected chi connectivity index (χ4v) is 5.14. The second-order valence-corrected chi connectivity index (χ2v) is 9.80. The number of carbonyl (C=O) groups excluding carboxylic acids is 2. The maximum atomic E-state index is 13.0. The molecule has 32 heavy (non-hydrogen) atoms. The van der Waals surface area contributed by atoms with Gasteiger partial charge in [-0.1, -0.05) is 32.0 Å². The fourth-order valence-electron chi connectivity index (χ4n) is 3.74. The minimum absolute atomic E-state index is 0.0739. The highest BCUT2D eigenvalue weighted by molar-refractivity contribution is 7.89. The number of anilines is 1. The van der Waals surface area contributed by atoms with E-state index in [2.05, 4.69) is 10.0 Å². The van der Waals surface area contributed by atoms with Crippen LogP contribution < -0.4 is 19.7 Å². The fraction of sp³-hybridized carbons (Fsp3) is 0.391. The molecule has 2 N–H and O–H groups in total. The van der Waals surface area contributed by atoms with Gasteiger partial charge in [-0.3, -0.25) is 9.59 Å². The second kappa shape index (κ2) is 9.70. The molecular weight excluding hydrogens is 430 g/mol. The van der Waals surface area contributed by atoms with Gasteiger partial charge >= 0.3 is 0 Å². The smallest absolute Gasteiger partial charge is 0.241 e. The average Bonchev–Trinajstić information content (AvgIpc) is 3.19. The predicted molar refractivity (Wildman–Crippen MR) is 122 cm³/mol. The van der Waals surface area contributed by atoms with Gasteiger partial charge in [-0.05, 0) is 42.2 Å². The van der Waals surface area contributed by atoms with E-state index in [1.165, 1.54) is 13.0 Å². The zero-order valence-electron chi connectivity index (χ0n) is 18.7. The Labute approximate surface area is 189 Å². The molecule has 0 saturated carbocycles. The molecule has 0 radical (unpaired) electrons. The molecule has 2 amide bonds. The molecule has 172 valence electrons. The first-order valence-electron chi connectivity index (χ1n) is 10.5. The third-order valence-electron chi connectivity index (χ3n) is 5.51. The summed E-state index contributed by atoms with van der Waals surface area (Å²) in [5, 5.41) is 2.80. The minimum atomic E-state index is -3.94. The summed E-state index contributed by atoms with van der Waals surface area (Å²) in [6.45, 7) is 5.79. The number of carbonyl (C=O) groups is 2. The maximum absolute atomic E-state index is 13.0. The van der Waals surface area contributed by atoms with Crippen LogP contribution in [0.3, 0.4) is 0 Å². The molecule has 0 bridgehead atoms. The number of benzene rings is 2. The van der Waals surface area contributed by atoms with Crippen molar-refractivity contribution in [1.82, 2.24) is 10.0 Å². The molecule has 1 atom stereocenters. The van der Waals surface area contributed by atoms with Crippen molar-refractivity contribution >= 4 is 27.5 Å². The van der Waals surface area contributed by atoms with E-state index < -0.39 is 22.0 Å². The van der Waals surface area contributed by atoms with Gasteiger partial charge in [0.15, 0.2) is 0 Å². The predicted octanol–water partition coefficient (Wildman–Crippen LogP) is 2.22. The number of methoxy groups -OCH3 is 1. The number of hydrogen-bond donors (Lipinski definition) is 2.